The molecular formula is C13H10N4O. The molecule has 2 aromatic carbocycles. The van der Waals surface area contributed by atoms with Crippen molar-refractivity contribution in [2.24, 2.45) is 5.18 Å². The second-order valence-corrected chi connectivity index (χ2v) is 3.87. The summed E-state index contributed by atoms with van der Waals surface area (Å²) in [6.07, 6.45) is 0. The second kappa shape index (κ2) is 4.29. The van der Waals surface area contributed by atoms with Gasteiger partial charge in [0.15, 0.2) is 0 Å². The van der Waals surface area contributed by atoms with Gasteiger partial charge in [-0.05, 0) is 41.6 Å². The summed E-state index contributed by atoms with van der Waals surface area (Å²) >= 11 is 0. The first-order chi connectivity index (χ1) is 8.85. The smallest absolute Gasteiger partial charge is 0.205 e. The second-order valence-electron chi connectivity index (χ2n) is 3.87. The molecule has 5 nitrogen and oxygen atoms in total. The molecule has 0 radical (unpaired) electrons. The highest BCUT2D eigenvalue weighted by Gasteiger charge is 2.02. The van der Waals surface area contributed by atoms with Crippen LogP contribution in [0.15, 0.2) is 53.7 Å². The van der Waals surface area contributed by atoms with Crippen LogP contribution >= 0.6 is 0 Å². The Bertz CT molecular complexity index is 655. The van der Waals surface area contributed by atoms with Gasteiger partial charge in [-0.2, -0.15) is 0 Å². The molecule has 1 heterocycles. The van der Waals surface area contributed by atoms with Gasteiger partial charge >= 0.3 is 0 Å². The number of hydrogen-bond donors (Lipinski definition) is 2. The summed E-state index contributed by atoms with van der Waals surface area (Å²) in [5.41, 5.74) is 3.14. The zero-order valence-corrected chi connectivity index (χ0v) is 9.42. The third-order valence-corrected chi connectivity index (χ3v) is 2.62. The van der Waals surface area contributed by atoms with Crippen molar-refractivity contribution in [1.82, 2.24) is 9.97 Å². The first-order valence-electron chi connectivity index (χ1n) is 5.50. The van der Waals surface area contributed by atoms with Crippen molar-refractivity contribution in [3.63, 3.8) is 0 Å². The molecule has 0 aliphatic rings. The lowest BCUT2D eigenvalue weighted by Crippen LogP contribution is -1.91. The normalized spacial score (nSPS) is 10.4. The molecule has 0 aliphatic carbocycles. The van der Waals surface area contributed by atoms with E-state index in [1.54, 1.807) is 24.3 Å². The van der Waals surface area contributed by atoms with Crippen molar-refractivity contribution < 1.29 is 0 Å². The predicted octanol–water partition coefficient (Wildman–Crippen LogP) is 3.70. The van der Waals surface area contributed by atoms with E-state index < -0.39 is 0 Å². The molecule has 0 saturated carbocycles. The number of imidazole rings is 1. The minimum atomic E-state index is 0.408. The van der Waals surface area contributed by atoms with Crippen molar-refractivity contribution in [2.45, 2.75) is 0 Å². The highest BCUT2D eigenvalue weighted by Crippen LogP contribution is 2.20. The topological polar surface area (TPSA) is 70.1 Å². The first-order valence-corrected chi connectivity index (χ1v) is 5.50. The van der Waals surface area contributed by atoms with Crippen LogP contribution in [0.4, 0.5) is 17.3 Å². The van der Waals surface area contributed by atoms with E-state index >= 15 is 0 Å². The third kappa shape index (κ3) is 1.93. The minimum absolute atomic E-state index is 0.408. The van der Waals surface area contributed by atoms with E-state index in [1.165, 1.54) is 0 Å². The van der Waals surface area contributed by atoms with E-state index in [4.69, 9.17) is 0 Å². The Morgan fingerprint density at radius 2 is 1.83 bits per heavy atom. The summed E-state index contributed by atoms with van der Waals surface area (Å²) < 4.78 is 0. The largest absolute Gasteiger partial charge is 0.326 e. The van der Waals surface area contributed by atoms with Gasteiger partial charge in [-0.15, -0.1) is 4.91 Å². The number of rotatable bonds is 3. The van der Waals surface area contributed by atoms with E-state index in [-0.39, 0.29) is 0 Å². The Kier molecular flexibility index (Phi) is 2.49. The molecule has 0 atom stereocenters. The Morgan fingerprint density at radius 1 is 1.06 bits per heavy atom. The highest BCUT2D eigenvalue weighted by atomic mass is 16.3. The van der Waals surface area contributed by atoms with E-state index in [0.29, 0.717) is 11.6 Å². The molecule has 0 amide bonds. The minimum Gasteiger partial charge on any atom is -0.326 e. The van der Waals surface area contributed by atoms with Crippen LogP contribution in [0.1, 0.15) is 0 Å². The van der Waals surface area contributed by atoms with Crippen molar-refractivity contribution in [2.75, 3.05) is 5.32 Å². The van der Waals surface area contributed by atoms with Crippen LogP contribution in [-0.2, 0) is 0 Å². The lowest BCUT2D eigenvalue weighted by Gasteiger charge is -2.01. The summed E-state index contributed by atoms with van der Waals surface area (Å²) in [6, 6.07) is 14.7. The lowest BCUT2D eigenvalue weighted by atomic mass is 10.3. The lowest BCUT2D eigenvalue weighted by molar-refractivity contribution is 1.31. The molecule has 0 aliphatic heterocycles. The van der Waals surface area contributed by atoms with Crippen LogP contribution in [0.2, 0.25) is 0 Å². The van der Waals surface area contributed by atoms with E-state index in [1.807, 2.05) is 24.3 Å². The maximum Gasteiger partial charge on any atom is 0.205 e. The SMILES string of the molecule is O=Nc1ccc(Nc2nc3ccccc3[nH]2)cc1. The molecule has 3 rings (SSSR count). The molecule has 0 saturated heterocycles. The summed E-state index contributed by atoms with van der Waals surface area (Å²) in [6.45, 7) is 0. The Balaban J connectivity index is 1.88. The number of nitroso groups, excluding NO2 is 1. The number of nitrogens with zero attached hydrogens (tertiary/aromatic N) is 2. The van der Waals surface area contributed by atoms with Crippen LogP contribution in [0.25, 0.3) is 11.0 Å². The third-order valence-electron chi connectivity index (χ3n) is 2.62. The average molecular weight is 238 g/mol. The number of H-pyrrole nitrogens is 1. The number of fused-ring (bicyclic) bond motifs is 1. The molecule has 2 N–H and O–H groups in total. The molecule has 0 unspecified atom stereocenters. The van der Waals surface area contributed by atoms with Crippen LogP contribution in [-0.4, -0.2) is 9.97 Å². The van der Waals surface area contributed by atoms with Crippen LogP contribution < -0.4 is 5.32 Å². The molecule has 3 aromatic rings. The Morgan fingerprint density at radius 3 is 2.56 bits per heavy atom. The van der Waals surface area contributed by atoms with Crippen molar-refractivity contribution in [3.8, 4) is 0 Å². The summed E-state index contributed by atoms with van der Waals surface area (Å²) in [4.78, 5) is 17.9. The van der Waals surface area contributed by atoms with Gasteiger partial charge in [0, 0.05) is 5.69 Å². The number of para-hydroxylation sites is 2. The van der Waals surface area contributed by atoms with Crippen LogP contribution in [0, 0.1) is 4.91 Å². The maximum atomic E-state index is 10.3. The molecule has 5 heteroatoms. The fourth-order valence-corrected chi connectivity index (χ4v) is 1.75. The van der Waals surface area contributed by atoms with Crippen LogP contribution in [0.3, 0.4) is 0 Å². The van der Waals surface area contributed by atoms with Gasteiger partial charge in [0.05, 0.1) is 11.0 Å². The van der Waals surface area contributed by atoms with Gasteiger partial charge in [-0.3, -0.25) is 0 Å². The highest BCUT2D eigenvalue weighted by molar-refractivity contribution is 5.78. The van der Waals surface area contributed by atoms with Gasteiger partial charge in [0.2, 0.25) is 5.95 Å². The number of hydrogen-bond acceptors (Lipinski definition) is 4. The molecule has 0 spiro atoms. The zero-order chi connectivity index (χ0) is 12.4. The number of aromatic amines is 1. The fourth-order valence-electron chi connectivity index (χ4n) is 1.75. The summed E-state index contributed by atoms with van der Waals surface area (Å²) in [5, 5.41) is 5.99. The monoisotopic (exact) mass is 238 g/mol. The van der Waals surface area contributed by atoms with Gasteiger partial charge in [0.25, 0.3) is 0 Å². The van der Waals surface area contributed by atoms with Crippen molar-refractivity contribution in [1.29, 1.82) is 0 Å². The van der Waals surface area contributed by atoms with Gasteiger partial charge in [-0.1, -0.05) is 12.1 Å². The molecular weight excluding hydrogens is 228 g/mol. The Labute approximate surface area is 103 Å². The molecule has 0 fully saturated rings. The van der Waals surface area contributed by atoms with E-state index in [2.05, 4.69) is 20.5 Å². The first kappa shape index (κ1) is 10.5. The molecule has 0 bridgehead atoms. The fraction of sp³-hybridized carbons (Fsp3) is 0. The standard InChI is InChI=1S/C13H10N4O/c18-17-10-7-5-9(6-8-10)14-13-15-11-3-1-2-4-12(11)16-13/h1-8H,(H2,14,15,16). The predicted molar refractivity (Wildman–Crippen MR) is 71.3 cm³/mol. The van der Waals surface area contributed by atoms with Crippen molar-refractivity contribution in [3.05, 3.63) is 53.4 Å². The number of benzene rings is 2. The number of nitrogens with one attached hydrogen (secondary N) is 2. The maximum absolute atomic E-state index is 10.3. The average Bonchev–Trinajstić information content (AvgIpc) is 2.82. The van der Waals surface area contributed by atoms with Gasteiger partial charge in [-0.25, -0.2) is 4.98 Å². The van der Waals surface area contributed by atoms with Gasteiger partial charge < -0.3 is 10.3 Å². The number of aromatic nitrogens is 2. The summed E-state index contributed by atoms with van der Waals surface area (Å²) in [5.74, 6) is 0.669. The summed E-state index contributed by atoms with van der Waals surface area (Å²) in [7, 11) is 0. The zero-order valence-electron chi connectivity index (χ0n) is 9.42. The van der Waals surface area contributed by atoms with E-state index in [0.717, 1.165) is 16.7 Å². The van der Waals surface area contributed by atoms with E-state index in [9.17, 15) is 4.91 Å². The molecule has 88 valence electrons. The van der Waals surface area contributed by atoms with Gasteiger partial charge in [0.1, 0.15) is 5.69 Å². The quantitative estimate of drug-likeness (QED) is 0.683. The molecule has 18 heavy (non-hydrogen) atoms. The van der Waals surface area contributed by atoms with Crippen LogP contribution in [0.5, 0.6) is 0 Å². The number of anilines is 2. The van der Waals surface area contributed by atoms with Crippen molar-refractivity contribution >= 4 is 28.4 Å². The Hall–Kier alpha value is -2.69. The molecule has 1 aromatic heterocycles.